The number of carbonyl (C=O) groups is 1. The van der Waals surface area contributed by atoms with E-state index in [1.165, 1.54) is 0 Å². The van der Waals surface area contributed by atoms with Crippen molar-refractivity contribution in [2.75, 3.05) is 32.7 Å². The molecule has 0 saturated heterocycles. The minimum Gasteiger partial charge on any atom is -0.508 e. The average molecular weight is 600 g/mol. The molecule has 0 unspecified atom stereocenters. The lowest BCUT2D eigenvalue weighted by molar-refractivity contribution is -0.122. The first-order chi connectivity index (χ1) is 20.0. The Morgan fingerprint density at radius 2 is 1.88 bits per heavy atom. The summed E-state index contributed by atoms with van der Waals surface area (Å²) in [5, 5.41) is 35.3. The molecule has 9 heteroatoms. The Balaban J connectivity index is 1.63. The van der Waals surface area contributed by atoms with E-state index in [1.54, 1.807) is 36.1 Å². The third-order valence-corrected chi connectivity index (χ3v) is 9.80. The number of ketones is 1. The second-order valence-corrected chi connectivity index (χ2v) is 12.9. The van der Waals surface area contributed by atoms with Crippen molar-refractivity contribution in [3.05, 3.63) is 53.6 Å². The summed E-state index contributed by atoms with van der Waals surface area (Å²) in [7, 11) is 5.16. The Labute approximate surface area is 250 Å². The van der Waals surface area contributed by atoms with E-state index >= 15 is 0 Å². The van der Waals surface area contributed by atoms with Crippen molar-refractivity contribution in [2.45, 2.75) is 63.2 Å². The molecule has 0 radical (unpaired) electrons. The van der Waals surface area contributed by atoms with Gasteiger partial charge in [0.05, 0.1) is 19.9 Å². The van der Waals surface area contributed by atoms with E-state index in [2.05, 4.69) is 11.4 Å². The molecule has 1 aliphatic rings. The molecule has 3 aromatic rings. The number of aliphatic hydroxyl groups excluding tert-OH is 1. The SMILES string of the molecule is COc1c(O)ccc2c1-c1ccc3ccc(O)cc3c1CSSCCCC[C@@H](OCNCCCCO)CC(=O)CC2. The Bertz CT molecular complexity index is 1300. The number of aromatic hydroxyl groups is 2. The van der Waals surface area contributed by atoms with Crippen LogP contribution in [-0.4, -0.2) is 60.0 Å². The van der Waals surface area contributed by atoms with Crippen LogP contribution in [0.4, 0.5) is 0 Å². The van der Waals surface area contributed by atoms with E-state index in [-0.39, 0.29) is 30.0 Å². The van der Waals surface area contributed by atoms with E-state index in [0.717, 1.165) is 77.4 Å². The number of fused-ring (bicyclic) bond motifs is 5. The van der Waals surface area contributed by atoms with Gasteiger partial charge in [0, 0.05) is 36.5 Å². The first-order valence-electron chi connectivity index (χ1n) is 14.3. The fourth-order valence-corrected chi connectivity index (χ4v) is 7.52. The molecule has 7 nitrogen and oxygen atoms in total. The molecule has 0 spiro atoms. The van der Waals surface area contributed by atoms with Gasteiger partial charge < -0.3 is 24.8 Å². The van der Waals surface area contributed by atoms with Crippen molar-refractivity contribution in [1.82, 2.24) is 5.32 Å². The van der Waals surface area contributed by atoms with E-state index in [0.29, 0.717) is 37.5 Å². The summed E-state index contributed by atoms with van der Waals surface area (Å²) < 4.78 is 11.8. The number of phenolic OH excluding ortho intramolecular Hbond substituents is 2. The highest BCUT2D eigenvalue weighted by atomic mass is 33.1. The number of aliphatic hydroxyl groups is 1. The number of carbonyl (C=O) groups excluding carboxylic acids is 1. The Morgan fingerprint density at radius 3 is 2.71 bits per heavy atom. The van der Waals surface area contributed by atoms with Crippen LogP contribution in [0.1, 0.15) is 56.1 Å². The molecule has 0 amide bonds. The van der Waals surface area contributed by atoms with Crippen LogP contribution in [-0.2, 0) is 21.7 Å². The van der Waals surface area contributed by atoms with Gasteiger partial charge in [0.1, 0.15) is 11.5 Å². The van der Waals surface area contributed by atoms with Gasteiger partial charge >= 0.3 is 0 Å². The van der Waals surface area contributed by atoms with Crippen LogP contribution in [0.5, 0.6) is 17.2 Å². The Morgan fingerprint density at radius 1 is 1.02 bits per heavy atom. The average Bonchev–Trinajstić information content (AvgIpc) is 2.96. The number of hydrogen-bond donors (Lipinski definition) is 4. The van der Waals surface area contributed by atoms with Crippen molar-refractivity contribution in [3.63, 3.8) is 0 Å². The number of phenols is 2. The molecule has 0 aliphatic carbocycles. The fourth-order valence-electron chi connectivity index (χ4n) is 5.26. The van der Waals surface area contributed by atoms with Crippen LogP contribution < -0.4 is 10.1 Å². The molecule has 3 aromatic carbocycles. The topological polar surface area (TPSA) is 108 Å². The number of rotatable bonds is 8. The zero-order chi connectivity index (χ0) is 29.0. The number of ether oxygens (including phenoxy) is 2. The summed E-state index contributed by atoms with van der Waals surface area (Å²) in [6.45, 7) is 1.36. The molecule has 1 aliphatic heterocycles. The quantitative estimate of drug-likeness (QED) is 0.130. The summed E-state index contributed by atoms with van der Waals surface area (Å²) in [6.07, 6.45) is 5.61. The van der Waals surface area contributed by atoms with Crippen molar-refractivity contribution in [3.8, 4) is 28.4 Å². The molecular formula is C32H41NO6S2. The van der Waals surface area contributed by atoms with E-state index in [9.17, 15) is 15.0 Å². The van der Waals surface area contributed by atoms with Gasteiger partial charge in [0.15, 0.2) is 11.5 Å². The number of hydrogen-bond acceptors (Lipinski definition) is 9. The zero-order valence-corrected chi connectivity index (χ0v) is 25.3. The summed E-state index contributed by atoms with van der Waals surface area (Å²) in [5.41, 5.74) is 3.73. The van der Waals surface area contributed by atoms with Gasteiger partial charge in [-0.2, -0.15) is 0 Å². The highest BCUT2D eigenvalue weighted by Crippen LogP contribution is 2.45. The maximum absolute atomic E-state index is 13.2. The highest BCUT2D eigenvalue weighted by Gasteiger charge is 2.22. The second kappa shape index (κ2) is 16.3. The molecular weight excluding hydrogens is 558 g/mol. The smallest absolute Gasteiger partial charge is 0.168 e. The predicted molar refractivity (Wildman–Crippen MR) is 169 cm³/mol. The largest absolute Gasteiger partial charge is 0.508 e. The maximum Gasteiger partial charge on any atom is 0.168 e. The molecule has 1 atom stereocenters. The second-order valence-electron chi connectivity index (χ2n) is 10.3. The van der Waals surface area contributed by atoms with E-state index < -0.39 is 0 Å². The van der Waals surface area contributed by atoms with Crippen LogP contribution in [0.25, 0.3) is 21.9 Å². The lowest BCUT2D eigenvalue weighted by Gasteiger charge is -2.21. The van der Waals surface area contributed by atoms with Crippen LogP contribution in [0, 0.1) is 0 Å². The zero-order valence-electron chi connectivity index (χ0n) is 23.7. The monoisotopic (exact) mass is 599 g/mol. The molecule has 0 saturated carbocycles. The lowest BCUT2D eigenvalue weighted by Crippen LogP contribution is -2.26. The van der Waals surface area contributed by atoms with Crippen molar-refractivity contribution < 1.29 is 29.6 Å². The molecule has 4 N–H and O–H groups in total. The Hall–Kier alpha value is -2.43. The van der Waals surface area contributed by atoms with Crippen molar-refractivity contribution in [1.29, 1.82) is 0 Å². The van der Waals surface area contributed by atoms with E-state index in [4.69, 9.17) is 14.6 Å². The number of methoxy groups -OCH3 is 1. The predicted octanol–water partition coefficient (Wildman–Crippen LogP) is 6.59. The first kappa shape index (κ1) is 31.5. The molecule has 0 aromatic heterocycles. The highest BCUT2D eigenvalue weighted by molar-refractivity contribution is 8.76. The van der Waals surface area contributed by atoms with Gasteiger partial charge in [0.25, 0.3) is 0 Å². The molecule has 0 bridgehead atoms. The maximum atomic E-state index is 13.2. The molecule has 222 valence electrons. The first-order valence-corrected chi connectivity index (χ1v) is 16.8. The third-order valence-electron chi connectivity index (χ3n) is 7.41. The molecule has 0 fully saturated rings. The van der Waals surface area contributed by atoms with Gasteiger partial charge in [-0.15, -0.1) is 0 Å². The summed E-state index contributed by atoms with van der Waals surface area (Å²) >= 11 is 0. The Kier molecular flexibility index (Phi) is 12.5. The number of unbranched alkanes of at least 4 members (excludes halogenated alkanes) is 1. The van der Waals surface area contributed by atoms with Crippen LogP contribution in [0.15, 0.2) is 42.5 Å². The van der Waals surface area contributed by atoms with E-state index in [1.807, 2.05) is 29.0 Å². The third kappa shape index (κ3) is 8.78. The van der Waals surface area contributed by atoms with Crippen LogP contribution in [0.3, 0.4) is 0 Å². The summed E-state index contributed by atoms with van der Waals surface area (Å²) in [6, 6.07) is 13.0. The van der Waals surface area contributed by atoms with Crippen LogP contribution in [0.2, 0.25) is 0 Å². The number of benzene rings is 3. The fraction of sp³-hybridized carbons (Fsp3) is 0.469. The van der Waals surface area contributed by atoms with Gasteiger partial charge in [-0.25, -0.2) is 0 Å². The molecule has 1 heterocycles. The van der Waals surface area contributed by atoms with Gasteiger partial charge in [-0.05, 0) is 84.3 Å². The number of Topliss-reactive ketones (excluding diaryl/α,β-unsaturated/α-hetero) is 1. The lowest BCUT2D eigenvalue weighted by atomic mass is 9.89. The number of aryl methyl sites for hydroxylation is 1. The van der Waals surface area contributed by atoms with Gasteiger partial charge in [-0.1, -0.05) is 52.3 Å². The summed E-state index contributed by atoms with van der Waals surface area (Å²) in [5.74, 6) is 2.50. The van der Waals surface area contributed by atoms with Crippen LogP contribution >= 0.6 is 21.6 Å². The van der Waals surface area contributed by atoms with Crippen molar-refractivity contribution >= 4 is 38.1 Å². The summed E-state index contributed by atoms with van der Waals surface area (Å²) in [4.78, 5) is 13.2. The standard InChI is InChI=1S/C32H41NO6S2/c1-38-32-30(37)14-10-23-8-12-24(35)18-26(39-21-33-15-3-4-16-34)6-2-5-17-40-41-20-29-27(31(23)32)13-9-22-7-11-25(36)19-28(22)29/h7,9-11,13-14,19,26,33-34,36-37H,2-6,8,12,15-18,20-21H2,1H3/t26-/m1/s1. The van der Waals surface area contributed by atoms with Crippen molar-refractivity contribution in [2.24, 2.45) is 0 Å². The molecule has 41 heavy (non-hydrogen) atoms. The minimum absolute atomic E-state index is 0.0518. The van der Waals surface area contributed by atoms with Gasteiger partial charge in [0.2, 0.25) is 0 Å². The molecule has 4 rings (SSSR count). The normalized spacial score (nSPS) is 17.2. The minimum atomic E-state index is -0.132. The van der Waals surface area contributed by atoms with Gasteiger partial charge in [-0.3, -0.25) is 10.1 Å². The number of nitrogens with one attached hydrogen (secondary N) is 1.